The van der Waals surface area contributed by atoms with Crippen LogP contribution in [0.2, 0.25) is 0 Å². The van der Waals surface area contributed by atoms with E-state index in [4.69, 9.17) is 0 Å². The highest BCUT2D eigenvalue weighted by Gasteiger charge is 2.05. The molecule has 0 radical (unpaired) electrons. The smallest absolute Gasteiger partial charge is 0.269 e. The molecule has 0 saturated heterocycles. The van der Waals surface area contributed by atoms with E-state index in [9.17, 15) is 14.5 Å². The van der Waals surface area contributed by atoms with Gasteiger partial charge < -0.3 is 5.32 Å². The molecule has 104 valence electrons. The molecule has 0 aliphatic heterocycles. The van der Waals surface area contributed by atoms with Crippen molar-refractivity contribution in [1.82, 2.24) is 5.32 Å². The summed E-state index contributed by atoms with van der Waals surface area (Å²) in [5.41, 5.74) is 1.88. The van der Waals surface area contributed by atoms with Crippen molar-refractivity contribution >= 4 is 5.69 Å². The van der Waals surface area contributed by atoms with Crippen LogP contribution in [0.3, 0.4) is 0 Å². The largest absolute Gasteiger partial charge is 0.312 e. The van der Waals surface area contributed by atoms with Crippen molar-refractivity contribution in [3.05, 3.63) is 75.6 Å². The van der Waals surface area contributed by atoms with Gasteiger partial charge in [0.15, 0.2) is 0 Å². The van der Waals surface area contributed by atoms with Gasteiger partial charge in [-0.25, -0.2) is 4.39 Å². The Morgan fingerprint density at radius 3 is 2.60 bits per heavy atom. The third-order valence-corrected chi connectivity index (χ3v) is 2.93. The Bertz CT molecular complexity index is 602. The third kappa shape index (κ3) is 4.13. The van der Waals surface area contributed by atoms with Crippen LogP contribution in [0.4, 0.5) is 10.1 Å². The SMILES string of the molecule is O=[N+]([O-])c1cccc(CNCCc2cccc(F)c2)c1. The molecule has 0 saturated carbocycles. The first kappa shape index (κ1) is 14.1. The lowest BCUT2D eigenvalue weighted by molar-refractivity contribution is -0.384. The van der Waals surface area contributed by atoms with E-state index in [1.54, 1.807) is 18.2 Å². The van der Waals surface area contributed by atoms with Gasteiger partial charge in [0.25, 0.3) is 5.69 Å². The fourth-order valence-corrected chi connectivity index (χ4v) is 1.94. The maximum Gasteiger partial charge on any atom is 0.269 e. The summed E-state index contributed by atoms with van der Waals surface area (Å²) in [6.07, 6.45) is 0.715. The average Bonchev–Trinajstić information content (AvgIpc) is 2.44. The minimum absolute atomic E-state index is 0.0921. The summed E-state index contributed by atoms with van der Waals surface area (Å²) in [7, 11) is 0. The normalized spacial score (nSPS) is 10.4. The number of nitro benzene ring substituents is 1. The molecule has 0 aromatic heterocycles. The van der Waals surface area contributed by atoms with Crippen molar-refractivity contribution in [1.29, 1.82) is 0 Å². The summed E-state index contributed by atoms with van der Waals surface area (Å²) in [6.45, 7) is 1.24. The molecule has 0 unspecified atom stereocenters. The molecule has 4 nitrogen and oxygen atoms in total. The van der Waals surface area contributed by atoms with Gasteiger partial charge >= 0.3 is 0 Å². The molecule has 0 heterocycles. The zero-order valence-corrected chi connectivity index (χ0v) is 10.9. The Kier molecular flexibility index (Phi) is 4.79. The Hall–Kier alpha value is -2.27. The Balaban J connectivity index is 1.81. The number of nitrogens with zero attached hydrogens (tertiary/aromatic N) is 1. The number of nitrogens with one attached hydrogen (secondary N) is 1. The lowest BCUT2D eigenvalue weighted by Crippen LogP contribution is -2.16. The highest BCUT2D eigenvalue weighted by atomic mass is 19.1. The molecule has 2 rings (SSSR count). The van der Waals surface area contributed by atoms with Crippen LogP contribution in [0, 0.1) is 15.9 Å². The summed E-state index contributed by atoms with van der Waals surface area (Å²) >= 11 is 0. The van der Waals surface area contributed by atoms with E-state index in [2.05, 4.69) is 5.32 Å². The Morgan fingerprint density at radius 1 is 1.10 bits per heavy atom. The number of rotatable bonds is 6. The number of hydrogen-bond donors (Lipinski definition) is 1. The number of nitro groups is 1. The molecular formula is C15H15FN2O2. The molecule has 2 aromatic rings. The molecule has 0 aliphatic rings. The van der Waals surface area contributed by atoms with Gasteiger partial charge in [-0.15, -0.1) is 0 Å². The second-order valence-corrected chi connectivity index (χ2v) is 4.48. The van der Waals surface area contributed by atoms with Gasteiger partial charge in [0.05, 0.1) is 4.92 Å². The molecular weight excluding hydrogens is 259 g/mol. The Labute approximate surface area is 116 Å². The van der Waals surface area contributed by atoms with Crippen LogP contribution in [-0.2, 0) is 13.0 Å². The first-order valence-corrected chi connectivity index (χ1v) is 6.33. The molecule has 0 spiro atoms. The fourth-order valence-electron chi connectivity index (χ4n) is 1.94. The molecule has 0 bridgehead atoms. The topological polar surface area (TPSA) is 55.2 Å². The van der Waals surface area contributed by atoms with E-state index in [1.807, 2.05) is 12.1 Å². The van der Waals surface area contributed by atoms with Crippen LogP contribution in [0.25, 0.3) is 0 Å². The summed E-state index contributed by atoms with van der Waals surface area (Å²) in [4.78, 5) is 10.2. The molecule has 5 heteroatoms. The predicted molar refractivity (Wildman–Crippen MR) is 74.9 cm³/mol. The summed E-state index contributed by atoms with van der Waals surface area (Å²) in [5.74, 6) is -0.235. The van der Waals surface area contributed by atoms with Gasteiger partial charge in [-0.1, -0.05) is 24.3 Å². The van der Waals surface area contributed by atoms with E-state index < -0.39 is 4.92 Å². The van der Waals surface area contributed by atoms with Gasteiger partial charge in [-0.3, -0.25) is 10.1 Å². The van der Waals surface area contributed by atoms with Crippen LogP contribution in [-0.4, -0.2) is 11.5 Å². The van der Waals surface area contributed by atoms with Gasteiger partial charge in [-0.2, -0.15) is 0 Å². The second kappa shape index (κ2) is 6.77. The predicted octanol–water partition coefficient (Wildman–Crippen LogP) is 3.07. The highest BCUT2D eigenvalue weighted by Crippen LogP contribution is 2.12. The van der Waals surface area contributed by atoms with E-state index in [0.29, 0.717) is 19.5 Å². The fraction of sp³-hybridized carbons (Fsp3) is 0.200. The lowest BCUT2D eigenvalue weighted by atomic mass is 10.1. The average molecular weight is 274 g/mol. The van der Waals surface area contributed by atoms with E-state index in [-0.39, 0.29) is 11.5 Å². The monoisotopic (exact) mass is 274 g/mol. The van der Waals surface area contributed by atoms with Crippen molar-refractivity contribution in [2.45, 2.75) is 13.0 Å². The molecule has 0 fully saturated rings. The lowest BCUT2D eigenvalue weighted by Gasteiger charge is -2.05. The van der Waals surface area contributed by atoms with Gasteiger partial charge in [0.2, 0.25) is 0 Å². The third-order valence-electron chi connectivity index (χ3n) is 2.93. The van der Waals surface area contributed by atoms with Crippen molar-refractivity contribution in [2.75, 3.05) is 6.54 Å². The number of hydrogen-bond acceptors (Lipinski definition) is 3. The van der Waals surface area contributed by atoms with Crippen LogP contribution in [0.1, 0.15) is 11.1 Å². The van der Waals surface area contributed by atoms with Crippen LogP contribution in [0.5, 0.6) is 0 Å². The molecule has 2 aromatic carbocycles. The zero-order chi connectivity index (χ0) is 14.4. The molecule has 1 N–H and O–H groups in total. The molecule has 0 aliphatic carbocycles. The second-order valence-electron chi connectivity index (χ2n) is 4.48. The van der Waals surface area contributed by atoms with E-state index >= 15 is 0 Å². The van der Waals surface area contributed by atoms with Gasteiger partial charge in [0, 0.05) is 18.7 Å². The van der Waals surface area contributed by atoms with Gasteiger partial charge in [0.1, 0.15) is 5.82 Å². The van der Waals surface area contributed by atoms with Crippen LogP contribution >= 0.6 is 0 Å². The van der Waals surface area contributed by atoms with Crippen molar-refractivity contribution in [3.8, 4) is 0 Å². The van der Waals surface area contributed by atoms with E-state index in [1.165, 1.54) is 18.2 Å². The minimum Gasteiger partial charge on any atom is -0.312 e. The summed E-state index contributed by atoms with van der Waals surface area (Å²) in [5, 5.41) is 13.8. The maximum atomic E-state index is 13.0. The molecule has 0 atom stereocenters. The van der Waals surface area contributed by atoms with E-state index in [0.717, 1.165) is 11.1 Å². The molecule has 0 amide bonds. The number of halogens is 1. The summed E-state index contributed by atoms with van der Waals surface area (Å²) < 4.78 is 13.0. The van der Waals surface area contributed by atoms with Crippen LogP contribution in [0.15, 0.2) is 48.5 Å². The maximum absolute atomic E-state index is 13.0. The van der Waals surface area contributed by atoms with Crippen molar-refractivity contribution < 1.29 is 9.31 Å². The highest BCUT2D eigenvalue weighted by molar-refractivity contribution is 5.34. The van der Waals surface area contributed by atoms with Crippen molar-refractivity contribution in [2.24, 2.45) is 0 Å². The van der Waals surface area contributed by atoms with Gasteiger partial charge in [-0.05, 0) is 36.2 Å². The minimum atomic E-state index is -0.407. The zero-order valence-electron chi connectivity index (χ0n) is 10.9. The Morgan fingerprint density at radius 2 is 1.85 bits per heavy atom. The van der Waals surface area contributed by atoms with Crippen LogP contribution < -0.4 is 5.32 Å². The first-order chi connectivity index (χ1) is 9.65. The first-order valence-electron chi connectivity index (χ1n) is 6.33. The molecule has 20 heavy (non-hydrogen) atoms. The van der Waals surface area contributed by atoms with Crippen molar-refractivity contribution in [3.63, 3.8) is 0 Å². The summed E-state index contributed by atoms with van der Waals surface area (Å²) in [6, 6.07) is 13.0. The number of benzene rings is 2. The number of non-ortho nitro benzene ring substituents is 1. The standard InChI is InChI=1S/C15H15FN2O2/c16-14-5-1-3-12(9-14)7-8-17-11-13-4-2-6-15(10-13)18(19)20/h1-6,9-10,17H,7-8,11H2. The quantitative estimate of drug-likeness (QED) is 0.500.